The Morgan fingerprint density at radius 3 is 2.78 bits per heavy atom. The molecule has 1 atom stereocenters. The van der Waals surface area contributed by atoms with Crippen LogP contribution in [0.3, 0.4) is 0 Å². The van der Waals surface area contributed by atoms with Crippen molar-refractivity contribution in [1.82, 2.24) is 4.98 Å². The van der Waals surface area contributed by atoms with Crippen molar-refractivity contribution in [1.29, 1.82) is 0 Å². The number of primary amides is 1. The van der Waals surface area contributed by atoms with Crippen LogP contribution in [0.15, 0.2) is 18.2 Å². The molecule has 0 aliphatic heterocycles. The van der Waals surface area contributed by atoms with Crippen LogP contribution in [0.25, 0.3) is 0 Å². The summed E-state index contributed by atoms with van der Waals surface area (Å²) in [5.74, 6) is -1.46. The largest absolute Gasteiger partial charge is 0.481 e. The van der Waals surface area contributed by atoms with Crippen molar-refractivity contribution in [2.45, 2.75) is 19.8 Å². The highest BCUT2D eigenvalue weighted by Gasteiger charge is 2.16. The van der Waals surface area contributed by atoms with E-state index in [4.69, 9.17) is 10.8 Å². The minimum Gasteiger partial charge on any atom is -0.481 e. The number of carboxylic acid groups (broad SMARTS) is 1. The van der Waals surface area contributed by atoms with Crippen LogP contribution in [0, 0.1) is 5.92 Å². The zero-order valence-corrected chi connectivity index (χ0v) is 10.2. The van der Waals surface area contributed by atoms with Gasteiger partial charge in [0, 0.05) is 6.54 Å². The Morgan fingerprint density at radius 2 is 2.22 bits per heavy atom. The van der Waals surface area contributed by atoms with Gasteiger partial charge in [-0.25, -0.2) is 4.98 Å². The van der Waals surface area contributed by atoms with E-state index >= 15 is 0 Å². The number of aromatic nitrogens is 1. The molecule has 0 radical (unpaired) electrons. The van der Waals surface area contributed by atoms with Gasteiger partial charge in [0.15, 0.2) is 0 Å². The molecular formula is C12H17N3O3. The maximum Gasteiger partial charge on any atom is 0.308 e. The van der Waals surface area contributed by atoms with Gasteiger partial charge in [0.25, 0.3) is 5.91 Å². The van der Waals surface area contributed by atoms with Crippen LogP contribution >= 0.6 is 0 Å². The Balaban J connectivity index is 2.64. The highest BCUT2D eigenvalue weighted by Crippen LogP contribution is 2.10. The molecule has 6 nitrogen and oxygen atoms in total. The van der Waals surface area contributed by atoms with E-state index in [1.165, 1.54) is 6.07 Å². The van der Waals surface area contributed by atoms with Gasteiger partial charge in [-0.1, -0.05) is 19.4 Å². The zero-order chi connectivity index (χ0) is 13.5. The van der Waals surface area contributed by atoms with Gasteiger partial charge in [-0.2, -0.15) is 0 Å². The number of nitrogens with zero attached hydrogens (tertiary/aromatic N) is 1. The number of carbonyl (C=O) groups is 2. The van der Waals surface area contributed by atoms with Crippen molar-refractivity contribution in [3.63, 3.8) is 0 Å². The lowest BCUT2D eigenvalue weighted by Crippen LogP contribution is -2.23. The first kappa shape index (κ1) is 14.0. The quantitative estimate of drug-likeness (QED) is 0.672. The Bertz CT molecular complexity index is 434. The number of aliphatic carboxylic acids is 1. The molecule has 0 fully saturated rings. The van der Waals surface area contributed by atoms with Gasteiger partial charge in [0.05, 0.1) is 5.92 Å². The first-order valence-corrected chi connectivity index (χ1v) is 5.78. The van der Waals surface area contributed by atoms with E-state index in [-0.39, 0.29) is 12.2 Å². The van der Waals surface area contributed by atoms with Crippen LogP contribution in [-0.4, -0.2) is 28.5 Å². The summed E-state index contributed by atoms with van der Waals surface area (Å²) in [6.45, 7) is 2.21. The smallest absolute Gasteiger partial charge is 0.308 e. The van der Waals surface area contributed by atoms with Gasteiger partial charge < -0.3 is 16.2 Å². The molecule has 4 N–H and O–H groups in total. The molecule has 1 aromatic rings. The molecule has 0 spiro atoms. The first-order chi connectivity index (χ1) is 8.54. The Morgan fingerprint density at radius 1 is 1.50 bits per heavy atom. The van der Waals surface area contributed by atoms with Crippen molar-refractivity contribution in [2.24, 2.45) is 11.7 Å². The zero-order valence-electron chi connectivity index (χ0n) is 10.2. The standard InChI is InChI=1S/C12H17N3O3/c1-2-4-8(12(17)18)7-14-10-6-3-5-9(15-10)11(13)16/h3,5-6,8H,2,4,7H2,1H3,(H2,13,16)(H,14,15)(H,17,18). The van der Waals surface area contributed by atoms with E-state index in [1.807, 2.05) is 6.92 Å². The van der Waals surface area contributed by atoms with Crippen LogP contribution in [0.2, 0.25) is 0 Å². The molecule has 6 heteroatoms. The fourth-order valence-corrected chi connectivity index (χ4v) is 1.56. The number of nitrogens with two attached hydrogens (primary N) is 1. The summed E-state index contributed by atoms with van der Waals surface area (Å²) in [4.78, 5) is 25.9. The number of amides is 1. The molecule has 1 heterocycles. The average Bonchev–Trinajstić information content (AvgIpc) is 2.34. The van der Waals surface area contributed by atoms with Crippen molar-refractivity contribution < 1.29 is 14.7 Å². The molecule has 1 unspecified atom stereocenters. The normalized spacial score (nSPS) is 11.8. The summed E-state index contributed by atoms with van der Waals surface area (Å²) < 4.78 is 0. The second kappa shape index (κ2) is 6.58. The lowest BCUT2D eigenvalue weighted by atomic mass is 10.0. The predicted octanol–water partition coefficient (Wildman–Crippen LogP) is 1.09. The second-order valence-electron chi connectivity index (χ2n) is 3.98. The minimum absolute atomic E-state index is 0.155. The Labute approximate surface area is 105 Å². The third-order valence-electron chi connectivity index (χ3n) is 2.52. The van der Waals surface area contributed by atoms with E-state index in [2.05, 4.69) is 10.3 Å². The van der Waals surface area contributed by atoms with Crippen molar-refractivity contribution in [2.75, 3.05) is 11.9 Å². The number of rotatable bonds is 7. The lowest BCUT2D eigenvalue weighted by molar-refractivity contribution is -0.141. The number of anilines is 1. The van der Waals surface area contributed by atoms with E-state index in [0.717, 1.165) is 6.42 Å². The molecule has 0 bridgehead atoms. The van der Waals surface area contributed by atoms with Gasteiger partial charge in [-0.15, -0.1) is 0 Å². The maximum atomic E-state index is 11.0. The summed E-state index contributed by atoms with van der Waals surface area (Å²) in [6.07, 6.45) is 1.39. The fourth-order valence-electron chi connectivity index (χ4n) is 1.56. The molecule has 0 aliphatic carbocycles. The molecule has 0 aliphatic rings. The van der Waals surface area contributed by atoms with Crippen LogP contribution in [0.1, 0.15) is 30.3 Å². The summed E-state index contributed by atoms with van der Waals surface area (Å²) >= 11 is 0. The number of nitrogens with one attached hydrogen (secondary N) is 1. The van der Waals surface area contributed by atoms with E-state index < -0.39 is 17.8 Å². The number of carbonyl (C=O) groups excluding carboxylic acids is 1. The summed E-state index contributed by atoms with van der Waals surface area (Å²) in [5.41, 5.74) is 5.27. The molecule has 1 amide bonds. The Kier molecular flexibility index (Phi) is 5.10. The van der Waals surface area contributed by atoms with E-state index in [1.54, 1.807) is 12.1 Å². The van der Waals surface area contributed by atoms with Gasteiger partial charge in [-0.3, -0.25) is 9.59 Å². The maximum absolute atomic E-state index is 11.0. The van der Waals surface area contributed by atoms with Crippen LogP contribution < -0.4 is 11.1 Å². The average molecular weight is 251 g/mol. The lowest BCUT2D eigenvalue weighted by Gasteiger charge is -2.12. The molecule has 98 valence electrons. The third kappa shape index (κ3) is 4.04. The number of pyridine rings is 1. The van der Waals surface area contributed by atoms with Crippen molar-refractivity contribution >= 4 is 17.7 Å². The summed E-state index contributed by atoms with van der Waals surface area (Å²) in [5, 5.41) is 11.9. The SMILES string of the molecule is CCCC(CNc1cccc(C(N)=O)n1)C(=O)O. The van der Waals surface area contributed by atoms with E-state index in [9.17, 15) is 9.59 Å². The summed E-state index contributed by atoms with van der Waals surface area (Å²) in [6, 6.07) is 4.82. The number of hydrogen-bond acceptors (Lipinski definition) is 4. The topological polar surface area (TPSA) is 105 Å². The van der Waals surface area contributed by atoms with E-state index in [0.29, 0.717) is 12.2 Å². The van der Waals surface area contributed by atoms with Crippen LogP contribution in [-0.2, 0) is 4.79 Å². The molecular weight excluding hydrogens is 234 g/mol. The summed E-state index contributed by atoms with van der Waals surface area (Å²) in [7, 11) is 0. The first-order valence-electron chi connectivity index (χ1n) is 5.78. The fraction of sp³-hybridized carbons (Fsp3) is 0.417. The van der Waals surface area contributed by atoms with Crippen molar-refractivity contribution in [3.8, 4) is 0 Å². The monoisotopic (exact) mass is 251 g/mol. The minimum atomic E-state index is -0.838. The van der Waals surface area contributed by atoms with Gasteiger partial charge in [0.2, 0.25) is 0 Å². The molecule has 1 aromatic heterocycles. The van der Waals surface area contributed by atoms with Gasteiger partial charge in [0.1, 0.15) is 11.5 Å². The van der Waals surface area contributed by atoms with Gasteiger partial charge >= 0.3 is 5.97 Å². The van der Waals surface area contributed by atoms with Crippen LogP contribution in [0.4, 0.5) is 5.82 Å². The second-order valence-corrected chi connectivity index (χ2v) is 3.98. The highest BCUT2D eigenvalue weighted by molar-refractivity contribution is 5.91. The Hall–Kier alpha value is -2.11. The number of carboxylic acids is 1. The molecule has 0 aromatic carbocycles. The predicted molar refractivity (Wildman–Crippen MR) is 67.3 cm³/mol. The highest BCUT2D eigenvalue weighted by atomic mass is 16.4. The molecule has 18 heavy (non-hydrogen) atoms. The van der Waals surface area contributed by atoms with Gasteiger partial charge in [-0.05, 0) is 18.6 Å². The van der Waals surface area contributed by atoms with Crippen LogP contribution in [0.5, 0.6) is 0 Å². The van der Waals surface area contributed by atoms with Crippen molar-refractivity contribution in [3.05, 3.63) is 23.9 Å². The number of hydrogen-bond donors (Lipinski definition) is 3. The molecule has 0 saturated heterocycles. The molecule has 1 rings (SSSR count). The third-order valence-corrected chi connectivity index (χ3v) is 2.52. The molecule has 0 saturated carbocycles.